The van der Waals surface area contributed by atoms with Gasteiger partial charge in [0.25, 0.3) is 5.91 Å². The van der Waals surface area contributed by atoms with Gasteiger partial charge in [0.05, 0.1) is 0 Å². The van der Waals surface area contributed by atoms with Crippen molar-refractivity contribution in [3.63, 3.8) is 0 Å². The van der Waals surface area contributed by atoms with Crippen molar-refractivity contribution in [3.05, 3.63) is 58.1 Å². The Kier molecular flexibility index (Phi) is 5.61. The fourth-order valence-corrected chi connectivity index (χ4v) is 2.68. The van der Waals surface area contributed by atoms with Gasteiger partial charge in [-0.05, 0) is 61.7 Å². The normalized spacial score (nSPS) is 11.8. The van der Waals surface area contributed by atoms with Gasteiger partial charge in [0.1, 0.15) is 5.75 Å². The third kappa shape index (κ3) is 4.60. The summed E-state index contributed by atoms with van der Waals surface area (Å²) in [5.74, 6) is 0.591. The lowest BCUT2D eigenvalue weighted by Gasteiger charge is -2.18. The molecule has 0 radical (unpaired) electrons. The summed E-state index contributed by atoms with van der Waals surface area (Å²) in [5, 5.41) is 2.89. The van der Waals surface area contributed by atoms with Gasteiger partial charge in [0.2, 0.25) is 0 Å². The number of benzene rings is 2. The highest BCUT2D eigenvalue weighted by Crippen LogP contribution is 2.20. The lowest BCUT2D eigenvalue weighted by Crippen LogP contribution is -2.32. The average Bonchev–Trinajstić information content (AvgIpc) is 2.43. The second-order valence-corrected chi connectivity index (χ2v) is 6.25. The first-order valence-corrected chi connectivity index (χ1v) is 8.08. The smallest absolute Gasteiger partial charge is 0.265 e. The number of ether oxygens (including phenoxy) is 1. The zero-order chi connectivity index (χ0) is 16.1. The molecule has 0 saturated heterocycles. The van der Waals surface area contributed by atoms with Gasteiger partial charge in [-0.2, -0.15) is 0 Å². The minimum Gasteiger partial charge on any atom is -0.481 e. The summed E-state index contributed by atoms with van der Waals surface area (Å²) >= 11 is 3.39. The first-order chi connectivity index (χ1) is 10.5. The molecule has 3 nitrogen and oxygen atoms in total. The maximum atomic E-state index is 12.4. The van der Waals surface area contributed by atoms with E-state index in [9.17, 15) is 4.79 Å². The fourth-order valence-electron chi connectivity index (χ4n) is 2.28. The Balaban J connectivity index is 2.08. The topological polar surface area (TPSA) is 38.3 Å². The largest absolute Gasteiger partial charge is 0.481 e. The molecular weight excluding hydrogens is 342 g/mol. The van der Waals surface area contributed by atoms with Crippen molar-refractivity contribution in [2.45, 2.75) is 33.3 Å². The molecule has 2 aromatic carbocycles. The highest BCUT2D eigenvalue weighted by atomic mass is 79.9. The Labute approximate surface area is 139 Å². The molecule has 1 atom stereocenters. The molecule has 0 unspecified atom stereocenters. The molecule has 0 aromatic heterocycles. The van der Waals surface area contributed by atoms with Gasteiger partial charge in [-0.3, -0.25) is 4.79 Å². The van der Waals surface area contributed by atoms with Crippen LogP contribution in [0.3, 0.4) is 0 Å². The fraction of sp³-hybridized carbons (Fsp3) is 0.278. The standard InChI is InChI=1S/C18H20BrNO2/c1-4-17(22-16-9-12(2)8-13(3)10-16)18(21)20-15-7-5-6-14(19)11-15/h5-11,17H,4H2,1-3H3,(H,20,21)/t17-/m0/s1. The Morgan fingerprint density at radius 1 is 1.18 bits per heavy atom. The zero-order valence-corrected chi connectivity index (χ0v) is 14.6. The van der Waals surface area contributed by atoms with Crippen LogP contribution in [0, 0.1) is 13.8 Å². The second kappa shape index (κ2) is 7.45. The molecule has 0 saturated carbocycles. The number of anilines is 1. The molecule has 2 aromatic rings. The molecule has 116 valence electrons. The van der Waals surface area contributed by atoms with Gasteiger partial charge in [-0.15, -0.1) is 0 Å². The quantitative estimate of drug-likeness (QED) is 0.825. The molecule has 0 bridgehead atoms. The summed E-state index contributed by atoms with van der Waals surface area (Å²) in [6, 6.07) is 13.5. The van der Waals surface area contributed by atoms with Crippen molar-refractivity contribution in [1.82, 2.24) is 0 Å². The molecule has 1 amide bonds. The van der Waals surface area contributed by atoms with Crippen molar-refractivity contribution in [2.75, 3.05) is 5.32 Å². The van der Waals surface area contributed by atoms with Crippen LogP contribution < -0.4 is 10.1 Å². The Hall–Kier alpha value is -1.81. The molecule has 1 N–H and O–H groups in total. The summed E-state index contributed by atoms with van der Waals surface area (Å²) in [4.78, 5) is 12.4. The Morgan fingerprint density at radius 3 is 2.45 bits per heavy atom. The van der Waals surface area contributed by atoms with Gasteiger partial charge in [0.15, 0.2) is 6.10 Å². The number of hydrogen-bond donors (Lipinski definition) is 1. The van der Waals surface area contributed by atoms with Crippen molar-refractivity contribution >= 4 is 27.5 Å². The van der Waals surface area contributed by atoms with E-state index in [2.05, 4.69) is 27.3 Å². The van der Waals surface area contributed by atoms with Crippen LogP contribution >= 0.6 is 15.9 Å². The lowest BCUT2D eigenvalue weighted by molar-refractivity contribution is -0.122. The van der Waals surface area contributed by atoms with E-state index in [0.29, 0.717) is 6.42 Å². The van der Waals surface area contributed by atoms with E-state index in [1.54, 1.807) is 0 Å². The van der Waals surface area contributed by atoms with E-state index in [4.69, 9.17) is 4.74 Å². The zero-order valence-electron chi connectivity index (χ0n) is 13.0. The summed E-state index contributed by atoms with van der Waals surface area (Å²) in [7, 11) is 0. The minimum atomic E-state index is -0.514. The third-order valence-electron chi connectivity index (χ3n) is 3.23. The maximum absolute atomic E-state index is 12.4. The summed E-state index contributed by atoms with van der Waals surface area (Å²) < 4.78 is 6.79. The van der Waals surface area contributed by atoms with Gasteiger partial charge < -0.3 is 10.1 Å². The van der Waals surface area contributed by atoms with E-state index in [1.165, 1.54) is 0 Å². The summed E-state index contributed by atoms with van der Waals surface area (Å²) in [6.45, 7) is 5.97. The van der Waals surface area contributed by atoms with Crippen molar-refractivity contribution < 1.29 is 9.53 Å². The van der Waals surface area contributed by atoms with Crippen molar-refractivity contribution in [2.24, 2.45) is 0 Å². The summed E-state index contributed by atoms with van der Waals surface area (Å²) in [6.07, 6.45) is 0.0903. The molecule has 0 aliphatic heterocycles. The molecule has 0 aliphatic carbocycles. The number of halogens is 1. The van der Waals surface area contributed by atoms with Crippen LogP contribution in [0.4, 0.5) is 5.69 Å². The van der Waals surface area contributed by atoms with Crippen LogP contribution in [-0.4, -0.2) is 12.0 Å². The Bertz CT molecular complexity index is 650. The number of rotatable bonds is 5. The van der Waals surface area contributed by atoms with Crippen molar-refractivity contribution in [1.29, 1.82) is 0 Å². The first-order valence-electron chi connectivity index (χ1n) is 7.29. The van der Waals surface area contributed by atoms with Gasteiger partial charge in [-0.25, -0.2) is 0 Å². The molecule has 0 fully saturated rings. The molecule has 0 aliphatic rings. The molecule has 22 heavy (non-hydrogen) atoms. The molecule has 4 heteroatoms. The van der Waals surface area contributed by atoms with Crippen LogP contribution in [-0.2, 0) is 4.79 Å². The number of carbonyl (C=O) groups is 1. The van der Waals surface area contributed by atoms with E-state index >= 15 is 0 Å². The number of nitrogens with one attached hydrogen (secondary N) is 1. The monoisotopic (exact) mass is 361 g/mol. The van der Waals surface area contributed by atoms with E-state index in [1.807, 2.05) is 57.2 Å². The number of amides is 1. The highest BCUT2D eigenvalue weighted by Gasteiger charge is 2.18. The lowest BCUT2D eigenvalue weighted by atomic mass is 10.1. The average molecular weight is 362 g/mol. The van der Waals surface area contributed by atoms with Gasteiger partial charge in [-0.1, -0.05) is 35.0 Å². The molecule has 0 heterocycles. The minimum absolute atomic E-state index is 0.139. The third-order valence-corrected chi connectivity index (χ3v) is 3.72. The highest BCUT2D eigenvalue weighted by molar-refractivity contribution is 9.10. The number of aryl methyl sites for hydroxylation is 2. The van der Waals surface area contributed by atoms with Gasteiger partial charge >= 0.3 is 0 Å². The number of carbonyl (C=O) groups excluding carboxylic acids is 1. The summed E-state index contributed by atoms with van der Waals surface area (Å²) in [5.41, 5.74) is 3.00. The first kappa shape index (κ1) is 16.6. The van der Waals surface area contributed by atoms with Crippen LogP contribution in [0.5, 0.6) is 5.75 Å². The SMILES string of the molecule is CC[C@H](Oc1cc(C)cc(C)c1)C(=O)Nc1cccc(Br)c1. The molecule has 0 spiro atoms. The number of hydrogen-bond acceptors (Lipinski definition) is 2. The van der Waals surface area contributed by atoms with Crippen LogP contribution in [0.1, 0.15) is 24.5 Å². The maximum Gasteiger partial charge on any atom is 0.265 e. The van der Waals surface area contributed by atoms with Gasteiger partial charge in [0, 0.05) is 10.2 Å². The van der Waals surface area contributed by atoms with Crippen molar-refractivity contribution in [3.8, 4) is 5.75 Å². The van der Waals surface area contributed by atoms with E-state index < -0.39 is 6.10 Å². The van der Waals surface area contributed by atoms with Crippen LogP contribution in [0.25, 0.3) is 0 Å². The van der Waals surface area contributed by atoms with Crippen LogP contribution in [0.15, 0.2) is 46.9 Å². The Morgan fingerprint density at radius 2 is 1.86 bits per heavy atom. The second-order valence-electron chi connectivity index (χ2n) is 5.34. The van der Waals surface area contributed by atoms with Crippen LogP contribution in [0.2, 0.25) is 0 Å². The van der Waals surface area contributed by atoms with E-state index in [-0.39, 0.29) is 5.91 Å². The molecular formula is C18H20BrNO2. The van der Waals surface area contributed by atoms with E-state index in [0.717, 1.165) is 27.0 Å². The predicted octanol–water partition coefficient (Wildman–Crippen LogP) is 4.86. The molecule has 2 rings (SSSR count). The predicted molar refractivity (Wildman–Crippen MR) is 93.4 cm³/mol.